The SMILES string of the molecule is COC(c1nc(NN)cc(C2CCCC2)n1)C1CC1. The molecule has 0 radical (unpaired) electrons. The Kier molecular flexibility index (Phi) is 3.66. The average molecular weight is 262 g/mol. The van der Waals surface area contributed by atoms with Crippen molar-refractivity contribution in [1.82, 2.24) is 9.97 Å². The van der Waals surface area contributed by atoms with E-state index >= 15 is 0 Å². The molecule has 3 N–H and O–H groups in total. The Morgan fingerprint density at radius 3 is 2.58 bits per heavy atom. The monoisotopic (exact) mass is 262 g/mol. The van der Waals surface area contributed by atoms with Crippen LogP contribution in [0.1, 0.15) is 62.1 Å². The van der Waals surface area contributed by atoms with Crippen LogP contribution in [0.4, 0.5) is 5.82 Å². The highest BCUT2D eigenvalue weighted by Gasteiger charge is 2.35. The van der Waals surface area contributed by atoms with Crippen LogP contribution in [0, 0.1) is 5.92 Å². The molecule has 0 spiro atoms. The van der Waals surface area contributed by atoms with Crippen molar-refractivity contribution in [2.75, 3.05) is 12.5 Å². The molecule has 1 aromatic rings. The molecule has 1 unspecified atom stereocenters. The molecule has 0 bridgehead atoms. The number of methoxy groups -OCH3 is 1. The minimum atomic E-state index is 0.0217. The van der Waals surface area contributed by atoms with E-state index in [1.807, 2.05) is 6.07 Å². The van der Waals surface area contributed by atoms with Gasteiger partial charge >= 0.3 is 0 Å². The fraction of sp³-hybridized carbons (Fsp3) is 0.714. The molecule has 2 fully saturated rings. The van der Waals surface area contributed by atoms with E-state index in [9.17, 15) is 0 Å². The Morgan fingerprint density at radius 2 is 2.00 bits per heavy atom. The molecule has 2 saturated carbocycles. The quantitative estimate of drug-likeness (QED) is 0.630. The smallest absolute Gasteiger partial charge is 0.160 e. The number of ether oxygens (including phenoxy) is 1. The summed E-state index contributed by atoms with van der Waals surface area (Å²) >= 11 is 0. The molecule has 0 amide bonds. The third kappa shape index (κ3) is 2.72. The number of hydrogen-bond acceptors (Lipinski definition) is 5. The van der Waals surface area contributed by atoms with Crippen molar-refractivity contribution < 1.29 is 4.74 Å². The number of aromatic nitrogens is 2. The molecule has 0 aliphatic heterocycles. The number of nitrogen functional groups attached to an aromatic ring is 1. The highest BCUT2D eigenvalue weighted by molar-refractivity contribution is 5.36. The van der Waals surface area contributed by atoms with Gasteiger partial charge < -0.3 is 10.2 Å². The topological polar surface area (TPSA) is 73.1 Å². The number of rotatable bonds is 5. The molecular formula is C14H22N4O. The van der Waals surface area contributed by atoms with Crippen LogP contribution in [-0.4, -0.2) is 17.1 Å². The van der Waals surface area contributed by atoms with Crippen LogP contribution in [-0.2, 0) is 4.74 Å². The summed E-state index contributed by atoms with van der Waals surface area (Å²) in [6.45, 7) is 0. The van der Waals surface area contributed by atoms with Gasteiger partial charge in [0.1, 0.15) is 11.9 Å². The van der Waals surface area contributed by atoms with Gasteiger partial charge in [0.25, 0.3) is 0 Å². The molecule has 1 heterocycles. The molecular weight excluding hydrogens is 240 g/mol. The third-order valence-corrected chi connectivity index (χ3v) is 4.24. The van der Waals surface area contributed by atoms with Crippen molar-refractivity contribution in [3.63, 3.8) is 0 Å². The summed E-state index contributed by atoms with van der Waals surface area (Å²) in [6.07, 6.45) is 7.48. The zero-order chi connectivity index (χ0) is 13.2. The second-order valence-electron chi connectivity index (χ2n) is 5.66. The van der Waals surface area contributed by atoms with E-state index in [-0.39, 0.29) is 6.10 Å². The summed E-state index contributed by atoms with van der Waals surface area (Å²) in [5.74, 6) is 8.17. The average Bonchev–Trinajstić information content (AvgIpc) is 3.12. The Labute approximate surface area is 113 Å². The Hall–Kier alpha value is -1.20. The highest BCUT2D eigenvalue weighted by Crippen LogP contribution is 2.42. The van der Waals surface area contributed by atoms with Gasteiger partial charge in [0, 0.05) is 24.8 Å². The summed E-state index contributed by atoms with van der Waals surface area (Å²) in [6, 6.07) is 1.99. The third-order valence-electron chi connectivity index (χ3n) is 4.24. The van der Waals surface area contributed by atoms with E-state index in [0.29, 0.717) is 17.7 Å². The summed E-state index contributed by atoms with van der Waals surface area (Å²) in [4.78, 5) is 9.25. The van der Waals surface area contributed by atoms with E-state index < -0.39 is 0 Å². The number of nitrogens with one attached hydrogen (secondary N) is 1. The van der Waals surface area contributed by atoms with Crippen molar-refractivity contribution in [2.24, 2.45) is 11.8 Å². The van der Waals surface area contributed by atoms with E-state index in [4.69, 9.17) is 15.6 Å². The van der Waals surface area contributed by atoms with Gasteiger partial charge in [-0.2, -0.15) is 0 Å². The predicted octanol–water partition coefficient (Wildman–Crippen LogP) is 2.52. The number of anilines is 1. The fourth-order valence-corrected chi connectivity index (χ4v) is 3.02. The van der Waals surface area contributed by atoms with Crippen LogP contribution in [0.15, 0.2) is 6.07 Å². The molecule has 104 valence electrons. The van der Waals surface area contributed by atoms with Crippen LogP contribution >= 0.6 is 0 Å². The van der Waals surface area contributed by atoms with Crippen molar-refractivity contribution in [2.45, 2.75) is 50.5 Å². The van der Waals surface area contributed by atoms with Gasteiger partial charge in [-0.15, -0.1) is 0 Å². The summed E-state index contributed by atoms with van der Waals surface area (Å²) in [5, 5.41) is 0. The van der Waals surface area contributed by atoms with E-state index in [1.165, 1.54) is 38.5 Å². The lowest BCUT2D eigenvalue weighted by Crippen LogP contribution is -2.16. The first-order valence-electron chi connectivity index (χ1n) is 7.20. The number of nitrogens with two attached hydrogens (primary N) is 1. The highest BCUT2D eigenvalue weighted by atomic mass is 16.5. The van der Waals surface area contributed by atoms with E-state index in [2.05, 4.69) is 10.4 Å². The zero-order valence-electron chi connectivity index (χ0n) is 11.4. The first-order chi connectivity index (χ1) is 9.31. The molecule has 5 nitrogen and oxygen atoms in total. The van der Waals surface area contributed by atoms with Crippen molar-refractivity contribution in [1.29, 1.82) is 0 Å². The minimum Gasteiger partial charge on any atom is -0.373 e. The van der Waals surface area contributed by atoms with Crippen LogP contribution in [0.5, 0.6) is 0 Å². The molecule has 19 heavy (non-hydrogen) atoms. The van der Waals surface area contributed by atoms with E-state index in [1.54, 1.807) is 7.11 Å². The molecule has 5 heteroatoms. The maximum atomic E-state index is 5.58. The van der Waals surface area contributed by atoms with Crippen LogP contribution in [0.2, 0.25) is 0 Å². The molecule has 2 aliphatic carbocycles. The Morgan fingerprint density at radius 1 is 1.26 bits per heavy atom. The van der Waals surface area contributed by atoms with Crippen molar-refractivity contribution >= 4 is 5.82 Å². The first kappa shape index (κ1) is 12.8. The largest absolute Gasteiger partial charge is 0.373 e. The van der Waals surface area contributed by atoms with Crippen LogP contribution in [0.25, 0.3) is 0 Å². The van der Waals surface area contributed by atoms with E-state index in [0.717, 1.165) is 11.5 Å². The van der Waals surface area contributed by atoms with Gasteiger partial charge in [-0.1, -0.05) is 12.8 Å². The standard InChI is InChI=1S/C14H22N4O/c1-19-13(10-6-7-10)14-16-11(8-12(17-14)18-15)9-4-2-3-5-9/h8-10,13H,2-7,15H2,1H3,(H,16,17,18). The van der Waals surface area contributed by atoms with Gasteiger partial charge in [0.2, 0.25) is 0 Å². The lowest BCUT2D eigenvalue weighted by molar-refractivity contribution is 0.0770. The zero-order valence-corrected chi connectivity index (χ0v) is 11.4. The van der Waals surface area contributed by atoms with Gasteiger partial charge in [0.15, 0.2) is 5.82 Å². The molecule has 0 saturated heterocycles. The molecule has 2 aliphatic rings. The number of nitrogens with zero attached hydrogens (tertiary/aromatic N) is 2. The summed E-state index contributed by atoms with van der Waals surface area (Å²) in [5.41, 5.74) is 3.79. The molecule has 3 rings (SSSR count). The molecule has 0 aromatic carbocycles. The van der Waals surface area contributed by atoms with Gasteiger partial charge in [0.05, 0.1) is 0 Å². The maximum absolute atomic E-state index is 5.58. The van der Waals surface area contributed by atoms with Gasteiger partial charge in [-0.25, -0.2) is 15.8 Å². The molecule has 1 atom stereocenters. The number of hydrazine groups is 1. The van der Waals surface area contributed by atoms with Crippen molar-refractivity contribution in [3.05, 3.63) is 17.6 Å². The minimum absolute atomic E-state index is 0.0217. The fourth-order valence-electron chi connectivity index (χ4n) is 3.02. The first-order valence-corrected chi connectivity index (χ1v) is 7.20. The Balaban J connectivity index is 1.91. The second-order valence-corrected chi connectivity index (χ2v) is 5.66. The van der Waals surface area contributed by atoms with Gasteiger partial charge in [-0.05, 0) is 31.6 Å². The second kappa shape index (κ2) is 5.43. The lowest BCUT2D eigenvalue weighted by atomic mass is 10.0. The maximum Gasteiger partial charge on any atom is 0.160 e. The van der Waals surface area contributed by atoms with Crippen molar-refractivity contribution in [3.8, 4) is 0 Å². The summed E-state index contributed by atoms with van der Waals surface area (Å²) < 4.78 is 5.58. The normalized spacial score (nSPS) is 21.6. The summed E-state index contributed by atoms with van der Waals surface area (Å²) in [7, 11) is 1.74. The lowest BCUT2D eigenvalue weighted by Gasteiger charge is -2.17. The molecule has 1 aromatic heterocycles. The van der Waals surface area contributed by atoms with Crippen LogP contribution < -0.4 is 11.3 Å². The number of hydrogen-bond donors (Lipinski definition) is 2. The predicted molar refractivity (Wildman–Crippen MR) is 73.5 cm³/mol. The van der Waals surface area contributed by atoms with Crippen LogP contribution in [0.3, 0.4) is 0 Å². The van der Waals surface area contributed by atoms with Gasteiger partial charge in [-0.3, -0.25) is 0 Å². The Bertz CT molecular complexity index is 441.